The molecule has 0 bridgehead atoms. The van der Waals surface area contributed by atoms with Gasteiger partial charge in [0.1, 0.15) is 5.75 Å². The van der Waals surface area contributed by atoms with Crippen LogP contribution in [-0.2, 0) is 6.54 Å². The molecule has 0 amide bonds. The summed E-state index contributed by atoms with van der Waals surface area (Å²) < 4.78 is 10.0. The first-order chi connectivity index (χ1) is 9.21. The Labute approximate surface area is 115 Å². The highest BCUT2D eigenvalue weighted by atomic mass is 35.5. The summed E-state index contributed by atoms with van der Waals surface area (Å²) in [5.41, 5.74) is 1.07. The lowest BCUT2D eigenvalue weighted by Gasteiger charge is -2.07. The van der Waals surface area contributed by atoms with Crippen LogP contribution >= 0.6 is 11.6 Å². The van der Waals surface area contributed by atoms with Crippen LogP contribution in [0.2, 0.25) is 5.28 Å². The highest BCUT2D eigenvalue weighted by Crippen LogP contribution is 2.14. The van der Waals surface area contributed by atoms with Crippen molar-refractivity contribution in [2.24, 2.45) is 0 Å². The molecule has 0 aliphatic rings. The topological polar surface area (TPSA) is 69.2 Å². The lowest BCUT2D eigenvalue weighted by atomic mass is 10.2. The molecular weight excluding hydrogens is 268 g/mol. The van der Waals surface area contributed by atoms with Gasteiger partial charge in [0, 0.05) is 6.54 Å². The van der Waals surface area contributed by atoms with Gasteiger partial charge in [-0.15, -0.1) is 0 Å². The Balaban J connectivity index is 2.03. The molecule has 100 valence electrons. The van der Waals surface area contributed by atoms with Gasteiger partial charge in [0.05, 0.1) is 14.2 Å². The molecule has 1 N–H and O–H groups in total. The Morgan fingerprint density at radius 1 is 1.05 bits per heavy atom. The van der Waals surface area contributed by atoms with E-state index >= 15 is 0 Å². The van der Waals surface area contributed by atoms with Gasteiger partial charge in [-0.05, 0) is 29.3 Å². The Bertz CT molecular complexity index is 548. The predicted octanol–water partition coefficient (Wildman–Crippen LogP) is 2.15. The van der Waals surface area contributed by atoms with E-state index in [0.29, 0.717) is 12.5 Å². The summed E-state index contributed by atoms with van der Waals surface area (Å²) in [5.74, 6) is 1.18. The van der Waals surface area contributed by atoms with Crippen molar-refractivity contribution in [2.45, 2.75) is 6.54 Å². The highest BCUT2D eigenvalue weighted by Gasteiger charge is 2.04. The molecule has 1 heterocycles. The quantitative estimate of drug-likeness (QED) is 0.905. The smallest absolute Gasteiger partial charge is 0.322 e. The minimum absolute atomic E-state index is 0.0871. The van der Waals surface area contributed by atoms with Gasteiger partial charge in [0.2, 0.25) is 11.2 Å². The van der Waals surface area contributed by atoms with Crippen molar-refractivity contribution in [3.05, 3.63) is 35.1 Å². The number of anilines is 1. The summed E-state index contributed by atoms with van der Waals surface area (Å²) in [4.78, 5) is 11.8. The van der Waals surface area contributed by atoms with Crippen molar-refractivity contribution >= 4 is 17.5 Å². The molecule has 0 aliphatic heterocycles. The number of methoxy groups -OCH3 is 2. The van der Waals surface area contributed by atoms with Crippen molar-refractivity contribution in [3.63, 3.8) is 0 Å². The fourth-order valence-electron chi connectivity index (χ4n) is 1.43. The molecule has 2 rings (SSSR count). The van der Waals surface area contributed by atoms with Crippen molar-refractivity contribution < 1.29 is 9.47 Å². The number of benzene rings is 1. The highest BCUT2D eigenvalue weighted by molar-refractivity contribution is 6.28. The van der Waals surface area contributed by atoms with Crippen molar-refractivity contribution in [2.75, 3.05) is 19.5 Å². The average molecular weight is 281 g/mol. The van der Waals surface area contributed by atoms with E-state index in [-0.39, 0.29) is 11.3 Å². The molecule has 6 nitrogen and oxygen atoms in total. The molecule has 0 aliphatic carbocycles. The Kier molecular flexibility index (Phi) is 4.35. The molecule has 1 aromatic heterocycles. The van der Waals surface area contributed by atoms with Crippen LogP contribution in [-0.4, -0.2) is 29.2 Å². The van der Waals surface area contributed by atoms with Crippen molar-refractivity contribution in [3.8, 4) is 11.8 Å². The third-order valence-electron chi connectivity index (χ3n) is 2.38. The number of rotatable bonds is 5. The molecule has 0 unspecified atom stereocenters. The minimum atomic E-state index is 0.0871. The van der Waals surface area contributed by atoms with Crippen LogP contribution in [0.5, 0.6) is 11.8 Å². The Morgan fingerprint density at radius 3 is 2.42 bits per heavy atom. The predicted molar refractivity (Wildman–Crippen MR) is 71.7 cm³/mol. The van der Waals surface area contributed by atoms with Crippen LogP contribution in [0.25, 0.3) is 0 Å². The summed E-state index contributed by atoms with van der Waals surface area (Å²) in [5, 5.41) is 3.13. The second-order valence-corrected chi connectivity index (χ2v) is 3.95. The lowest BCUT2D eigenvalue weighted by molar-refractivity contribution is 0.379. The average Bonchev–Trinajstić information content (AvgIpc) is 2.45. The van der Waals surface area contributed by atoms with E-state index in [1.165, 1.54) is 7.11 Å². The van der Waals surface area contributed by atoms with E-state index in [1.54, 1.807) is 7.11 Å². The number of nitrogens with one attached hydrogen (secondary N) is 1. The fourth-order valence-corrected chi connectivity index (χ4v) is 1.58. The van der Waals surface area contributed by atoms with Gasteiger partial charge in [0.25, 0.3) is 0 Å². The fraction of sp³-hybridized carbons (Fsp3) is 0.250. The van der Waals surface area contributed by atoms with Crippen molar-refractivity contribution in [1.29, 1.82) is 0 Å². The number of nitrogens with zero attached hydrogens (tertiary/aromatic N) is 3. The van der Waals surface area contributed by atoms with Gasteiger partial charge in [-0.2, -0.15) is 15.0 Å². The third kappa shape index (κ3) is 3.69. The maximum absolute atomic E-state index is 5.75. The van der Waals surface area contributed by atoms with Gasteiger partial charge in [-0.1, -0.05) is 12.1 Å². The molecule has 0 spiro atoms. The van der Waals surface area contributed by atoms with Crippen LogP contribution < -0.4 is 14.8 Å². The standard InChI is InChI=1S/C12H13ClN4O2/c1-18-9-5-3-8(4-6-9)7-14-11-15-10(13)16-12(17-11)19-2/h3-6H,7H2,1-2H3,(H,14,15,16,17). The number of ether oxygens (including phenoxy) is 2. The molecule has 0 saturated heterocycles. The molecular formula is C12H13ClN4O2. The minimum Gasteiger partial charge on any atom is -0.497 e. The van der Waals surface area contributed by atoms with Gasteiger partial charge in [-0.3, -0.25) is 0 Å². The summed E-state index contributed by atoms with van der Waals surface area (Å²) >= 11 is 5.75. The summed E-state index contributed by atoms with van der Waals surface area (Å²) in [6.07, 6.45) is 0. The van der Waals surface area contributed by atoms with E-state index in [2.05, 4.69) is 20.3 Å². The van der Waals surface area contributed by atoms with Gasteiger partial charge >= 0.3 is 6.01 Å². The van der Waals surface area contributed by atoms with Gasteiger partial charge in [-0.25, -0.2) is 0 Å². The Morgan fingerprint density at radius 2 is 1.79 bits per heavy atom. The monoisotopic (exact) mass is 280 g/mol. The zero-order valence-electron chi connectivity index (χ0n) is 10.6. The maximum atomic E-state index is 5.75. The van der Waals surface area contributed by atoms with Crippen LogP contribution in [0.1, 0.15) is 5.56 Å². The first-order valence-electron chi connectivity index (χ1n) is 5.53. The SMILES string of the molecule is COc1ccc(CNc2nc(Cl)nc(OC)n2)cc1. The molecule has 0 atom stereocenters. The largest absolute Gasteiger partial charge is 0.497 e. The molecule has 1 aromatic carbocycles. The molecule has 0 radical (unpaired) electrons. The number of hydrogen-bond acceptors (Lipinski definition) is 6. The zero-order chi connectivity index (χ0) is 13.7. The third-order valence-corrected chi connectivity index (χ3v) is 2.55. The summed E-state index contributed by atoms with van der Waals surface area (Å²) in [7, 11) is 3.10. The lowest BCUT2D eigenvalue weighted by Crippen LogP contribution is -2.06. The second kappa shape index (κ2) is 6.19. The molecule has 7 heteroatoms. The number of hydrogen-bond donors (Lipinski definition) is 1. The first-order valence-corrected chi connectivity index (χ1v) is 5.91. The van der Waals surface area contributed by atoms with E-state index in [0.717, 1.165) is 11.3 Å². The molecule has 0 fully saturated rings. The number of aromatic nitrogens is 3. The van der Waals surface area contributed by atoms with Crippen LogP contribution in [0.3, 0.4) is 0 Å². The Hall–Kier alpha value is -2.08. The van der Waals surface area contributed by atoms with Gasteiger partial charge in [0.15, 0.2) is 0 Å². The van der Waals surface area contributed by atoms with Crippen LogP contribution in [0, 0.1) is 0 Å². The normalized spacial score (nSPS) is 10.1. The second-order valence-electron chi connectivity index (χ2n) is 3.62. The van der Waals surface area contributed by atoms with E-state index in [1.807, 2.05) is 24.3 Å². The first kappa shape index (κ1) is 13.4. The van der Waals surface area contributed by atoms with Crippen LogP contribution in [0.4, 0.5) is 5.95 Å². The van der Waals surface area contributed by atoms with Gasteiger partial charge < -0.3 is 14.8 Å². The van der Waals surface area contributed by atoms with E-state index in [4.69, 9.17) is 21.1 Å². The van der Waals surface area contributed by atoms with E-state index < -0.39 is 0 Å². The summed E-state index contributed by atoms with van der Waals surface area (Å²) in [6.45, 7) is 0.563. The summed E-state index contributed by atoms with van der Waals surface area (Å²) in [6, 6.07) is 7.85. The molecule has 0 saturated carbocycles. The van der Waals surface area contributed by atoms with Crippen LogP contribution in [0.15, 0.2) is 24.3 Å². The maximum Gasteiger partial charge on any atom is 0.322 e. The zero-order valence-corrected chi connectivity index (χ0v) is 11.3. The molecule has 2 aromatic rings. The molecule has 19 heavy (non-hydrogen) atoms. The van der Waals surface area contributed by atoms with Crippen molar-refractivity contribution in [1.82, 2.24) is 15.0 Å². The number of halogens is 1. The van der Waals surface area contributed by atoms with E-state index in [9.17, 15) is 0 Å².